The summed E-state index contributed by atoms with van der Waals surface area (Å²) in [6, 6.07) is 7.77. The third-order valence-electron chi connectivity index (χ3n) is 4.57. The van der Waals surface area contributed by atoms with E-state index in [1.165, 1.54) is 43.5 Å². The zero-order chi connectivity index (χ0) is 17.9. The van der Waals surface area contributed by atoms with Crippen LogP contribution in [0.15, 0.2) is 36.5 Å². The second kappa shape index (κ2) is 7.25. The van der Waals surface area contributed by atoms with Gasteiger partial charge < -0.3 is 10.1 Å². The number of nitrogens with zero attached hydrogens (tertiary/aromatic N) is 2. The minimum atomic E-state index is -1.10. The number of carbonyl (C=O) groups is 1. The Labute approximate surface area is 147 Å². The van der Waals surface area contributed by atoms with E-state index in [4.69, 9.17) is 4.74 Å². The average molecular weight is 345 g/mol. The molecule has 1 fully saturated rings. The topological polar surface area (TPSA) is 56.1 Å². The smallest absolute Gasteiger partial charge is 0.269 e. The molecule has 0 spiro atoms. The van der Waals surface area contributed by atoms with Crippen LogP contribution in [0.1, 0.15) is 52.0 Å². The van der Waals surface area contributed by atoms with E-state index < -0.39 is 5.60 Å². The average Bonchev–Trinajstić information content (AvgIpc) is 3.06. The molecule has 0 atom stereocenters. The molecule has 6 heteroatoms. The summed E-state index contributed by atoms with van der Waals surface area (Å²) < 4.78 is 20.7. The third kappa shape index (κ3) is 4.18. The number of rotatable bonds is 5. The van der Waals surface area contributed by atoms with Gasteiger partial charge in [0.25, 0.3) is 5.91 Å². The van der Waals surface area contributed by atoms with Gasteiger partial charge in [0.15, 0.2) is 5.60 Å². The monoisotopic (exact) mass is 345 g/mol. The summed E-state index contributed by atoms with van der Waals surface area (Å²) >= 11 is 0. The van der Waals surface area contributed by atoms with Gasteiger partial charge in [0.2, 0.25) is 0 Å². The highest BCUT2D eigenvalue weighted by Crippen LogP contribution is 2.30. The van der Waals surface area contributed by atoms with Gasteiger partial charge in [-0.2, -0.15) is 5.10 Å². The van der Waals surface area contributed by atoms with Crippen LogP contribution in [-0.2, 0) is 4.79 Å². The molecule has 1 aliphatic rings. The summed E-state index contributed by atoms with van der Waals surface area (Å²) in [5.41, 5.74) is -1.10. The first-order valence-electron chi connectivity index (χ1n) is 8.75. The number of hydrogen-bond acceptors (Lipinski definition) is 3. The molecule has 1 heterocycles. The second-order valence-corrected chi connectivity index (χ2v) is 6.97. The predicted octanol–water partition coefficient (Wildman–Crippen LogP) is 4.32. The van der Waals surface area contributed by atoms with E-state index >= 15 is 0 Å². The molecule has 1 aromatic heterocycles. The molecule has 0 radical (unpaired) electrons. The maximum absolute atomic E-state index is 13.0. The van der Waals surface area contributed by atoms with Crippen LogP contribution in [0.25, 0.3) is 0 Å². The molecule has 134 valence electrons. The van der Waals surface area contributed by atoms with Crippen LogP contribution in [0, 0.1) is 5.82 Å². The van der Waals surface area contributed by atoms with Gasteiger partial charge in [-0.3, -0.25) is 4.79 Å². The van der Waals surface area contributed by atoms with Gasteiger partial charge in [-0.05, 0) is 51.0 Å². The molecule has 0 bridgehead atoms. The van der Waals surface area contributed by atoms with Crippen molar-refractivity contribution in [1.29, 1.82) is 0 Å². The molecule has 1 aliphatic carbocycles. The van der Waals surface area contributed by atoms with E-state index in [2.05, 4.69) is 10.4 Å². The first-order valence-corrected chi connectivity index (χ1v) is 8.75. The van der Waals surface area contributed by atoms with E-state index in [9.17, 15) is 9.18 Å². The highest BCUT2D eigenvalue weighted by atomic mass is 19.1. The van der Waals surface area contributed by atoms with E-state index in [1.807, 2.05) is 4.68 Å². The number of carbonyl (C=O) groups excluding carboxylic acids is 1. The van der Waals surface area contributed by atoms with Crippen molar-refractivity contribution in [2.24, 2.45) is 0 Å². The predicted molar refractivity (Wildman–Crippen MR) is 94.1 cm³/mol. The van der Waals surface area contributed by atoms with Gasteiger partial charge in [-0.15, -0.1) is 0 Å². The molecule has 1 amide bonds. The second-order valence-electron chi connectivity index (χ2n) is 6.97. The van der Waals surface area contributed by atoms with Crippen molar-refractivity contribution in [2.75, 3.05) is 5.32 Å². The largest absolute Gasteiger partial charge is 0.478 e. The molecular formula is C19H24FN3O2. The van der Waals surface area contributed by atoms with Gasteiger partial charge in [-0.25, -0.2) is 9.07 Å². The fraction of sp³-hybridized carbons (Fsp3) is 0.474. The fourth-order valence-corrected chi connectivity index (χ4v) is 3.14. The Morgan fingerprint density at radius 3 is 2.56 bits per heavy atom. The van der Waals surface area contributed by atoms with Crippen LogP contribution in [0.4, 0.5) is 10.2 Å². The minimum Gasteiger partial charge on any atom is -0.478 e. The molecule has 1 saturated carbocycles. The summed E-state index contributed by atoms with van der Waals surface area (Å²) in [6.07, 6.45) is 7.52. The van der Waals surface area contributed by atoms with Gasteiger partial charge >= 0.3 is 0 Å². The SMILES string of the molecule is CC(C)(Oc1ccc(F)cc1)C(=O)Nc1ccnn1C1CCCCC1. The Kier molecular flexibility index (Phi) is 5.06. The summed E-state index contributed by atoms with van der Waals surface area (Å²) in [4.78, 5) is 12.7. The standard InChI is InChI=1S/C19H24FN3O2/c1-19(2,25-16-10-8-14(20)9-11-16)18(24)22-17-12-13-21-23(17)15-6-4-3-5-7-15/h8-13,15H,3-7H2,1-2H3,(H,22,24). The summed E-state index contributed by atoms with van der Waals surface area (Å²) in [5, 5.41) is 7.31. The third-order valence-corrected chi connectivity index (χ3v) is 4.57. The van der Waals surface area contributed by atoms with Crippen molar-refractivity contribution in [1.82, 2.24) is 9.78 Å². The fourth-order valence-electron chi connectivity index (χ4n) is 3.14. The lowest BCUT2D eigenvalue weighted by atomic mass is 9.96. The molecule has 25 heavy (non-hydrogen) atoms. The first kappa shape index (κ1) is 17.5. The zero-order valence-electron chi connectivity index (χ0n) is 14.7. The number of aromatic nitrogens is 2. The molecule has 0 unspecified atom stereocenters. The van der Waals surface area contributed by atoms with Crippen molar-refractivity contribution in [3.05, 3.63) is 42.3 Å². The highest BCUT2D eigenvalue weighted by Gasteiger charge is 2.31. The van der Waals surface area contributed by atoms with Crippen molar-refractivity contribution >= 4 is 11.7 Å². The Balaban J connectivity index is 1.68. The molecule has 2 aromatic rings. The normalized spacial score (nSPS) is 15.8. The van der Waals surface area contributed by atoms with Gasteiger partial charge in [0, 0.05) is 6.07 Å². The lowest BCUT2D eigenvalue weighted by Gasteiger charge is -2.27. The van der Waals surface area contributed by atoms with Gasteiger partial charge in [0.1, 0.15) is 17.4 Å². The lowest BCUT2D eigenvalue weighted by Crippen LogP contribution is -2.43. The van der Waals surface area contributed by atoms with Gasteiger partial charge in [-0.1, -0.05) is 19.3 Å². The van der Waals surface area contributed by atoms with E-state index in [-0.39, 0.29) is 11.7 Å². The number of amides is 1. The number of nitrogens with one attached hydrogen (secondary N) is 1. The summed E-state index contributed by atoms with van der Waals surface area (Å²) in [7, 11) is 0. The van der Waals surface area contributed by atoms with Crippen LogP contribution < -0.4 is 10.1 Å². The minimum absolute atomic E-state index is 0.269. The maximum Gasteiger partial charge on any atom is 0.269 e. The lowest BCUT2D eigenvalue weighted by molar-refractivity contribution is -0.128. The summed E-state index contributed by atoms with van der Waals surface area (Å²) in [5.74, 6) is 0.524. The Morgan fingerprint density at radius 1 is 1.20 bits per heavy atom. The van der Waals surface area contributed by atoms with Gasteiger partial charge in [0.05, 0.1) is 12.2 Å². The van der Waals surface area contributed by atoms with Crippen molar-refractivity contribution in [2.45, 2.75) is 57.6 Å². The van der Waals surface area contributed by atoms with Crippen LogP contribution in [0.3, 0.4) is 0 Å². The summed E-state index contributed by atoms with van der Waals surface area (Å²) in [6.45, 7) is 3.38. The highest BCUT2D eigenvalue weighted by molar-refractivity contribution is 5.96. The Morgan fingerprint density at radius 2 is 1.88 bits per heavy atom. The first-order chi connectivity index (χ1) is 12.0. The molecule has 0 saturated heterocycles. The van der Waals surface area contributed by atoms with Crippen LogP contribution >= 0.6 is 0 Å². The number of anilines is 1. The Bertz CT molecular complexity index is 719. The number of ether oxygens (including phenoxy) is 1. The molecule has 1 N–H and O–H groups in total. The zero-order valence-corrected chi connectivity index (χ0v) is 14.7. The van der Waals surface area contributed by atoms with Crippen LogP contribution in [0.5, 0.6) is 5.75 Å². The maximum atomic E-state index is 13.0. The van der Waals surface area contributed by atoms with Crippen molar-refractivity contribution in [3.63, 3.8) is 0 Å². The quantitative estimate of drug-likeness (QED) is 0.878. The molecular weight excluding hydrogens is 321 g/mol. The molecule has 0 aliphatic heterocycles. The van der Waals surface area contributed by atoms with Crippen LogP contribution in [0.2, 0.25) is 0 Å². The molecule has 5 nitrogen and oxygen atoms in total. The number of benzene rings is 1. The van der Waals surface area contributed by atoms with E-state index in [0.29, 0.717) is 17.6 Å². The molecule has 1 aromatic carbocycles. The van der Waals surface area contributed by atoms with Crippen molar-refractivity contribution in [3.8, 4) is 5.75 Å². The van der Waals surface area contributed by atoms with Crippen molar-refractivity contribution < 1.29 is 13.9 Å². The van der Waals surface area contributed by atoms with E-state index in [1.54, 1.807) is 26.1 Å². The Hall–Kier alpha value is -2.37. The van der Waals surface area contributed by atoms with Crippen LogP contribution in [-0.4, -0.2) is 21.3 Å². The van der Waals surface area contributed by atoms with E-state index in [0.717, 1.165) is 12.8 Å². The number of halogens is 1. The number of hydrogen-bond donors (Lipinski definition) is 1. The molecule has 3 rings (SSSR count).